The van der Waals surface area contributed by atoms with Gasteiger partial charge in [-0.25, -0.2) is 6.57 Å². The fourth-order valence-corrected chi connectivity index (χ4v) is 3.38. The van der Waals surface area contributed by atoms with Crippen molar-refractivity contribution in [2.24, 2.45) is 0 Å². The maximum atomic E-state index is 12.7. The Bertz CT molecular complexity index is 984. The molecule has 0 saturated carbocycles. The molecular formula is C21H15Cl2NO. The molecule has 1 unspecified atom stereocenters. The van der Waals surface area contributed by atoms with Gasteiger partial charge in [0.2, 0.25) is 0 Å². The Morgan fingerprint density at radius 3 is 2.32 bits per heavy atom. The Morgan fingerprint density at radius 1 is 1.00 bits per heavy atom. The van der Waals surface area contributed by atoms with Crippen LogP contribution in [0.4, 0.5) is 0 Å². The smallest absolute Gasteiger partial charge is 0.256 e. The number of benzene rings is 3. The summed E-state index contributed by atoms with van der Waals surface area (Å²) >= 11 is 12.0. The van der Waals surface area contributed by atoms with E-state index in [-0.39, 0.29) is 12.2 Å². The Kier molecular flexibility index (Phi) is 5.08. The molecule has 2 nitrogen and oxygen atoms in total. The monoisotopic (exact) mass is 367 g/mol. The Morgan fingerprint density at radius 2 is 1.64 bits per heavy atom. The largest absolute Gasteiger partial charge is 0.308 e. The van der Waals surface area contributed by atoms with Gasteiger partial charge in [0.1, 0.15) is 0 Å². The highest BCUT2D eigenvalue weighted by Gasteiger charge is 2.22. The fraction of sp³-hybridized carbons (Fsp3) is 0.143. The van der Waals surface area contributed by atoms with Gasteiger partial charge in [-0.1, -0.05) is 59.1 Å². The van der Waals surface area contributed by atoms with E-state index in [2.05, 4.69) is 10.9 Å². The number of rotatable bonds is 4. The Labute approximate surface area is 156 Å². The highest BCUT2D eigenvalue weighted by Crippen LogP contribution is 2.29. The molecule has 0 aromatic heterocycles. The second kappa shape index (κ2) is 7.27. The van der Waals surface area contributed by atoms with Crippen LogP contribution in [0.5, 0.6) is 0 Å². The summed E-state index contributed by atoms with van der Waals surface area (Å²) in [7, 11) is 0. The molecule has 0 saturated heterocycles. The van der Waals surface area contributed by atoms with Crippen molar-refractivity contribution >= 4 is 39.8 Å². The number of Topliss-reactive ketones (excluding diaryl/α,β-unsaturated/α-hetero) is 1. The molecular weight excluding hydrogens is 353 g/mol. The van der Waals surface area contributed by atoms with Crippen molar-refractivity contribution in [3.63, 3.8) is 0 Å². The van der Waals surface area contributed by atoms with E-state index in [9.17, 15) is 4.79 Å². The minimum atomic E-state index is -0.600. The van der Waals surface area contributed by atoms with Gasteiger partial charge in [0.15, 0.2) is 5.78 Å². The molecule has 0 heterocycles. The van der Waals surface area contributed by atoms with E-state index in [4.69, 9.17) is 29.8 Å². The van der Waals surface area contributed by atoms with E-state index >= 15 is 0 Å². The lowest BCUT2D eigenvalue weighted by Crippen LogP contribution is -2.05. The van der Waals surface area contributed by atoms with Gasteiger partial charge < -0.3 is 4.85 Å². The van der Waals surface area contributed by atoms with Crippen LogP contribution in [0.3, 0.4) is 0 Å². The maximum Gasteiger partial charge on any atom is 0.256 e. The number of ketones is 1. The Hall–Kier alpha value is -2.34. The van der Waals surface area contributed by atoms with Gasteiger partial charge in [0.05, 0.1) is 6.42 Å². The average Bonchev–Trinajstić information content (AvgIpc) is 2.58. The van der Waals surface area contributed by atoms with Gasteiger partial charge in [-0.05, 0) is 42.0 Å². The third kappa shape index (κ3) is 4.02. The van der Waals surface area contributed by atoms with Crippen LogP contribution in [0.2, 0.25) is 10.0 Å². The van der Waals surface area contributed by atoms with Gasteiger partial charge in [-0.2, -0.15) is 0 Å². The Balaban J connectivity index is 1.87. The number of aryl methyl sites for hydroxylation is 1. The number of hydrogen-bond donors (Lipinski definition) is 0. The van der Waals surface area contributed by atoms with E-state index in [0.29, 0.717) is 21.2 Å². The number of carbonyl (C=O) groups is 1. The van der Waals surface area contributed by atoms with Crippen molar-refractivity contribution in [3.8, 4) is 0 Å². The van der Waals surface area contributed by atoms with Gasteiger partial charge in [0.25, 0.3) is 6.04 Å². The van der Waals surface area contributed by atoms with E-state index in [0.717, 1.165) is 10.8 Å². The summed E-state index contributed by atoms with van der Waals surface area (Å²) in [6.45, 7) is 9.47. The number of hydrogen-bond acceptors (Lipinski definition) is 1. The first-order valence-corrected chi connectivity index (χ1v) is 8.58. The zero-order chi connectivity index (χ0) is 18.0. The number of nitrogens with zero attached hydrogens (tertiary/aromatic N) is 1. The second-order valence-electron chi connectivity index (χ2n) is 6.04. The predicted molar refractivity (Wildman–Crippen MR) is 103 cm³/mol. The summed E-state index contributed by atoms with van der Waals surface area (Å²) in [5.74, 6) is -0.0698. The molecule has 0 radical (unpaired) electrons. The van der Waals surface area contributed by atoms with Crippen molar-refractivity contribution in [3.05, 3.63) is 92.8 Å². The lowest BCUT2D eigenvalue weighted by Gasteiger charge is -2.08. The van der Waals surface area contributed by atoms with E-state index < -0.39 is 6.04 Å². The molecule has 3 rings (SSSR count). The SMILES string of the molecule is [C-]#[N+]C(CC(=O)c1ccc2cc(C)ccc2c1)c1cc(Cl)cc(Cl)c1. The van der Waals surface area contributed by atoms with Crippen molar-refractivity contribution < 1.29 is 4.79 Å². The van der Waals surface area contributed by atoms with Crippen LogP contribution in [0, 0.1) is 13.5 Å². The summed E-state index contributed by atoms with van der Waals surface area (Å²) < 4.78 is 0. The first kappa shape index (κ1) is 17.5. The molecule has 0 aliphatic carbocycles. The van der Waals surface area contributed by atoms with Gasteiger partial charge in [0, 0.05) is 21.2 Å². The van der Waals surface area contributed by atoms with E-state index in [1.165, 1.54) is 5.56 Å². The second-order valence-corrected chi connectivity index (χ2v) is 6.91. The molecule has 0 aliphatic rings. The zero-order valence-electron chi connectivity index (χ0n) is 13.6. The van der Waals surface area contributed by atoms with Crippen LogP contribution in [-0.4, -0.2) is 5.78 Å². The zero-order valence-corrected chi connectivity index (χ0v) is 15.1. The van der Waals surface area contributed by atoms with Gasteiger partial charge in [-0.3, -0.25) is 4.79 Å². The standard InChI is InChI=1S/C21H15Cl2NO/c1-13-3-4-15-8-16(6-5-14(15)7-13)21(25)12-20(24-2)17-9-18(22)11-19(23)10-17/h3-11,20H,12H2,1H3. The molecule has 0 spiro atoms. The molecule has 0 aliphatic heterocycles. The predicted octanol–water partition coefficient (Wildman–Crippen LogP) is 6.69. The number of fused-ring (bicyclic) bond motifs is 1. The third-order valence-corrected chi connectivity index (χ3v) is 4.56. The molecule has 3 aromatic rings. The molecule has 0 fully saturated rings. The van der Waals surface area contributed by atoms with Crippen molar-refractivity contribution in [1.29, 1.82) is 0 Å². The quantitative estimate of drug-likeness (QED) is 0.371. The fourth-order valence-electron chi connectivity index (χ4n) is 2.84. The summed E-state index contributed by atoms with van der Waals surface area (Å²) in [5.41, 5.74) is 2.45. The van der Waals surface area contributed by atoms with Crippen molar-refractivity contribution in [2.75, 3.05) is 0 Å². The molecule has 0 amide bonds. The van der Waals surface area contributed by atoms with Crippen LogP contribution >= 0.6 is 23.2 Å². The lowest BCUT2D eigenvalue weighted by molar-refractivity contribution is 0.0978. The van der Waals surface area contributed by atoms with Gasteiger partial charge >= 0.3 is 0 Å². The van der Waals surface area contributed by atoms with Crippen molar-refractivity contribution in [2.45, 2.75) is 19.4 Å². The van der Waals surface area contributed by atoms with Crippen LogP contribution in [-0.2, 0) is 0 Å². The number of carbonyl (C=O) groups excluding carboxylic acids is 1. The average molecular weight is 368 g/mol. The molecule has 0 bridgehead atoms. The highest BCUT2D eigenvalue weighted by atomic mass is 35.5. The van der Waals surface area contributed by atoms with Crippen molar-refractivity contribution in [1.82, 2.24) is 0 Å². The maximum absolute atomic E-state index is 12.7. The first-order valence-electron chi connectivity index (χ1n) is 7.82. The van der Waals surface area contributed by atoms with Crippen LogP contribution in [0.25, 0.3) is 15.6 Å². The van der Waals surface area contributed by atoms with Crippen LogP contribution in [0.15, 0.2) is 54.6 Å². The topological polar surface area (TPSA) is 21.4 Å². The van der Waals surface area contributed by atoms with E-state index in [1.54, 1.807) is 18.2 Å². The lowest BCUT2D eigenvalue weighted by atomic mass is 9.96. The molecule has 0 N–H and O–H groups in total. The molecule has 25 heavy (non-hydrogen) atoms. The number of halogens is 2. The third-order valence-electron chi connectivity index (χ3n) is 4.12. The van der Waals surface area contributed by atoms with Crippen LogP contribution in [0.1, 0.15) is 33.9 Å². The molecule has 4 heteroatoms. The van der Waals surface area contributed by atoms with Crippen LogP contribution < -0.4 is 0 Å². The molecule has 1 atom stereocenters. The minimum absolute atomic E-state index is 0.0698. The minimum Gasteiger partial charge on any atom is -0.308 e. The van der Waals surface area contributed by atoms with E-state index in [1.807, 2.05) is 37.3 Å². The summed E-state index contributed by atoms with van der Waals surface area (Å²) in [5, 5.41) is 3.04. The summed E-state index contributed by atoms with van der Waals surface area (Å²) in [6.07, 6.45) is 0.0948. The summed E-state index contributed by atoms with van der Waals surface area (Å²) in [6, 6.07) is 16.1. The normalized spacial score (nSPS) is 11.9. The first-order chi connectivity index (χ1) is 12.0. The molecule has 3 aromatic carbocycles. The highest BCUT2D eigenvalue weighted by molar-refractivity contribution is 6.34. The van der Waals surface area contributed by atoms with Gasteiger partial charge in [-0.15, -0.1) is 0 Å². The molecule has 124 valence electrons. The summed E-state index contributed by atoms with van der Waals surface area (Å²) in [4.78, 5) is 16.3.